The minimum absolute atomic E-state index is 0.00466. The molecule has 0 saturated heterocycles. The molecule has 2 fully saturated rings. The number of hydrogen-bond donors (Lipinski definition) is 3. The number of carbonyl (C=O) groups excluding carboxylic acids is 1. The Morgan fingerprint density at radius 2 is 1.77 bits per heavy atom. The maximum atomic E-state index is 12.6. The zero-order chi connectivity index (χ0) is 18.6. The molecule has 0 heterocycles. The lowest BCUT2D eigenvalue weighted by Gasteiger charge is -2.31. The molecule has 1 aromatic carbocycles. The van der Waals surface area contributed by atoms with E-state index < -0.39 is 10.0 Å². The van der Waals surface area contributed by atoms with E-state index in [0.717, 1.165) is 51.4 Å². The number of carbonyl (C=O) groups is 1. The van der Waals surface area contributed by atoms with Crippen LogP contribution < -0.4 is 15.8 Å². The molecule has 1 amide bonds. The first kappa shape index (κ1) is 19.3. The molecule has 2 unspecified atom stereocenters. The van der Waals surface area contributed by atoms with Gasteiger partial charge in [0.1, 0.15) is 0 Å². The van der Waals surface area contributed by atoms with Crippen LogP contribution in [0.5, 0.6) is 0 Å². The molecule has 4 N–H and O–H groups in total. The molecule has 1 aromatic rings. The van der Waals surface area contributed by atoms with Gasteiger partial charge in [-0.05, 0) is 56.3 Å². The Hall–Kier alpha value is -1.44. The predicted octanol–water partition coefficient (Wildman–Crippen LogP) is 2.15. The van der Waals surface area contributed by atoms with Gasteiger partial charge in [-0.3, -0.25) is 4.79 Å². The number of benzene rings is 1. The molecular weight excluding hydrogens is 350 g/mol. The van der Waals surface area contributed by atoms with E-state index >= 15 is 0 Å². The van der Waals surface area contributed by atoms with Gasteiger partial charge in [-0.25, -0.2) is 13.1 Å². The minimum atomic E-state index is -3.60. The average molecular weight is 380 g/mol. The highest BCUT2D eigenvalue weighted by Crippen LogP contribution is 2.24. The molecule has 144 valence electrons. The summed E-state index contributed by atoms with van der Waals surface area (Å²) in [6.45, 7) is 0.560. The highest BCUT2D eigenvalue weighted by atomic mass is 32.2. The van der Waals surface area contributed by atoms with Gasteiger partial charge in [0, 0.05) is 17.6 Å². The first-order valence-electron chi connectivity index (χ1n) is 9.63. The van der Waals surface area contributed by atoms with Crippen LogP contribution in [0, 0.1) is 5.92 Å². The molecule has 0 spiro atoms. The lowest BCUT2D eigenvalue weighted by Crippen LogP contribution is -2.44. The van der Waals surface area contributed by atoms with E-state index in [1.807, 2.05) is 0 Å². The van der Waals surface area contributed by atoms with Crippen LogP contribution in [0.2, 0.25) is 0 Å². The minimum Gasteiger partial charge on any atom is -0.349 e. The fourth-order valence-electron chi connectivity index (χ4n) is 4.07. The van der Waals surface area contributed by atoms with E-state index in [-0.39, 0.29) is 22.9 Å². The van der Waals surface area contributed by atoms with Crippen LogP contribution >= 0.6 is 0 Å². The van der Waals surface area contributed by atoms with Crippen LogP contribution in [0.4, 0.5) is 0 Å². The Balaban J connectivity index is 1.70. The summed E-state index contributed by atoms with van der Waals surface area (Å²) < 4.78 is 27.9. The van der Waals surface area contributed by atoms with Crippen LogP contribution in [-0.4, -0.2) is 33.0 Å². The summed E-state index contributed by atoms with van der Waals surface area (Å²) in [5.41, 5.74) is 6.20. The molecule has 0 aromatic heterocycles. The predicted molar refractivity (Wildman–Crippen MR) is 101 cm³/mol. The van der Waals surface area contributed by atoms with E-state index in [4.69, 9.17) is 5.73 Å². The second kappa shape index (κ2) is 8.50. The van der Waals surface area contributed by atoms with Gasteiger partial charge >= 0.3 is 0 Å². The standard InChI is InChI=1S/C19H29N3O3S/c20-13-15-6-1-4-11-18(15)21-19(23)14-7-5-10-17(12-14)26(24,25)22-16-8-2-3-9-16/h5,7,10,12,15-16,18,22H,1-4,6,8-9,11,13,20H2,(H,21,23). The molecule has 2 aliphatic rings. The lowest BCUT2D eigenvalue weighted by atomic mass is 9.84. The van der Waals surface area contributed by atoms with Gasteiger partial charge in [0.25, 0.3) is 5.91 Å². The maximum absolute atomic E-state index is 12.6. The number of hydrogen-bond acceptors (Lipinski definition) is 4. The molecule has 0 bridgehead atoms. The molecule has 26 heavy (non-hydrogen) atoms. The first-order valence-corrected chi connectivity index (χ1v) is 11.1. The monoisotopic (exact) mass is 379 g/mol. The molecule has 3 rings (SSSR count). The average Bonchev–Trinajstić information content (AvgIpc) is 3.14. The fraction of sp³-hybridized carbons (Fsp3) is 0.632. The van der Waals surface area contributed by atoms with Crippen molar-refractivity contribution >= 4 is 15.9 Å². The summed E-state index contributed by atoms with van der Waals surface area (Å²) in [5.74, 6) is 0.0666. The summed E-state index contributed by atoms with van der Waals surface area (Å²) in [7, 11) is -3.60. The van der Waals surface area contributed by atoms with Crippen molar-refractivity contribution in [2.75, 3.05) is 6.54 Å². The van der Waals surface area contributed by atoms with E-state index in [9.17, 15) is 13.2 Å². The van der Waals surface area contributed by atoms with Gasteiger partial charge in [-0.2, -0.15) is 0 Å². The van der Waals surface area contributed by atoms with Gasteiger partial charge in [-0.15, -0.1) is 0 Å². The van der Waals surface area contributed by atoms with Crippen LogP contribution in [-0.2, 0) is 10.0 Å². The third-order valence-electron chi connectivity index (χ3n) is 5.61. The lowest BCUT2D eigenvalue weighted by molar-refractivity contribution is 0.0908. The van der Waals surface area contributed by atoms with Crippen molar-refractivity contribution in [2.24, 2.45) is 11.7 Å². The maximum Gasteiger partial charge on any atom is 0.251 e. The summed E-state index contributed by atoms with van der Waals surface area (Å²) in [4.78, 5) is 12.8. The topological polar surface area (TPSA) is 101 Å². The summed E-state index contributed by atoms with van der Waals surface area (Å²) in [6, 6.07) is 6.36. The fourth-order valence-corrected chi connectivity index (χ4v) is 5.42. The Bertz CT molecular complexity index is 729. The molecule has 2 aliphatic carbocycles. The van der Waals surface area contributed by atoms with Crippen LogP contribution in [0.3, 0.4) is 0 Å². The highest BCUT2D eigenvalue weighted by molar-refractivity contribution is 7.89. The smallest absolute Gasteiger partial charge is 0.251 e. The quantitative estimate of drug-likeness (QED) is 0.705. The van der Waals surface area contributed by atoms with Crippen molar-refractivity contribution in [3.05, 3.63) is 29.8 Å². The van der Waals surface area contributed by atoms with Crippen LogP contribution in [0.15, 0.2) is 29.2 Å². The molecule has 2 saturated carbocycles. The molecule has 2 atom stereocenters. The largest absolute Gasteiger partial charge is 0.349 e. The number of nitrogens with one attached hydrogen (secondary N) is 2. The molecule has 0 aliphatic heterocycles. The van der Waals surface area contributed by atoms with E-state index in [1.165, 1.54) is 12.1 Å². The second-order valence-electron chi connectivity index (χ2n) is 7.49. The molecule has 6 nitrogen and oxygen atoms in total. The number of sulfonamides is 1. The van der Waals surface area contributed by atoms with Crippen molar-refractivity contribution in [3.8, 4) is 0 Å². The SMILES string of the molecule is NCC1CCCCC1NC(=O)c1cccc(S(=O)(=O)NC2CCCC2)c1. The third-order valence-corrected chi connectivity index (χ3v) is 7.13. The molecular formula is C19H29N3O3S. The van der Waals surface area contributed by atoms with Crippen molar-refractivity contribution in [1.82, 2.24) is 10.0 Å². The van der Waals surface area contributed by atoms with Crippen molar-refractivity contribution in [2.45, 2.75) is 68.3 Å². The summed E-state index contributed by atoms with van der Waals surface area (Å²) in [6.07, 6.45) is 8.05. The van der Waals surface area contributed by atoms with E-state index in [1.54, 1.807) is 12.1 Å². The van der Waals surface area contributed by atoms with Gasteiger partial charge in [-0.1, -0.05) is 31.7 Å². The number of amides is 1. The van der Waals surface area contributed by atoms with E-state index in [0.29, 0.717) is 18.0 Å². The van der Waals surface area contributed by atoms with E-state index in [2.05, 4.69) is 10.0 Å². The highest BCUT2D eigenvalue weighted by Gasteiger charge is 2.27. The van der Waals surface area contributed by atoms with Gasteiger partial charge < -0.3 is 11.1 Å². The Morgan fingerprint density at radius 3 is 2.50 bits per heavy atom. The van der Waals surface area contributed by atoms with Crippen molar-refractivity contribution < 1.29 is 13.2 Å². The van der Waals surface area contributed by atoms with Gasteiger partial charge in [0.2, 0.25) is 10.0 Å². The van der Waals surface area contributed by atoms with Crippen molar-refractivity contribution in [3.63, 3.8) is 0 Å². The number of nitrogens with two attached hydrogens (primary N) is 1. The Labute approximate surface area is 156 Å². The third kappa shape index (κ3) is 4.64. The zero-order valence-corrected chi connectivity index (χ0v) is 15.9. The normalized spacial score (nSPS) is 24.5. The second-order valence-corrected chi connectivity index (χ2v) is 9.20. The van der Waals surface area contributed by atoms with Gasteiger partial charge in [0.15, 0.2) is 0 Å². The van der Waals surface area contributed by atoms with Crippen LogP contribution in [0.25, 0.3) is 0 Å². The summed E-state index contributed by atoms with van der Waals surface area (Å²) >= 11 is 0. The summed E-state index contributed by atoms with van der Waals surface area (Å²) in [5, 5.41) is 3.05. The first-order chi connectivity index (χ1) is 12.5. The zero-order valence-electron chi connectivity index (χ0n) is 15.1. The molecule has 0 radical (unpaired) electrons. The Kier molecular flexibility index (Phi) is 6.32. The molecule has 7 heteroatoms. The van der Waals surface area contributed by atoms with Crippen LogP contribution in [0.1, 0.15) is 61.7 Å². The number of rotatable bonds is 6. The van der Waals surface area contributed by atoms with Gasteiger partial charge in [0.05, 0.1) is 4.90 Å². The van der Waals surface area contributed by atoms with Crippen molar-refractivity contribution in [1.29, 1.82) is 0 Å². The Morgan fingerprint density at radius 1 is 1.08 bits per heavy atom.